The van der Waals surface area contributed by atoms with Crippen LogP contribution in [0.3, 0.4) is 0 Å². The minimum Gasteiger partial charge on any atom is -0.0860 e. The van der Waals surface area contributed by atoms with Crippen molar-refractivity contribution in [2.45, 2.75) is 0 Å². The first kappa shape index (κ1) is 9.51. The largest absolute Gasteiger partial charge is 0.150 e. The Bertz CT molecular complexity index is 609. The molecule has 2 aromatic rings. The lowest BCUT2D eigenvalue weighted by Crippen LogP contribution is -2.56. The molecule has 0 atom stereocenters. The normalized spacial score (nSPS) is 17.4. The molecule has 0 saturated carbocycles. The summed E-state index contributed by atoms with van der Waals surface area (Å²) in [7, 11) is -0.549. The van der Waals surface area contributed by atoms with E-state index in [2.05, 4.69) is 66.0 Å². The number of allylic oxidation sites excluding steroid dienone is 1. The Hall–Kier alpha value is -1.52. The summed E-state index contributed by atoms with van der Waals surface area (Å²) in [5.41, 5.74) is 7.82. The van der Waals surface area contributed by atoms with Gasteiger partial charge in [-0.1, -0.05) is 66.0 Å². The fourth-order valence-electron chi connectivity index (χ4n) is 3.02. The molecule has 79 valence electrons. The summed E-state index contributed by atoms with van der Waals surface area (Å²) < 4.78 is 0. The summed E-state index contributed by atoms with van der Waals surface area (Å²) in [5.74, 6) is 0. The Balaban J connectivity index is 2.17. The monoisotopic (exact) mass is 247 g/mol. The lowest BCUT2D eigenvalue weighted by molar-refractivity contribution is 1.71. The molecule has 0 bridgehead atoms. The molecule has 2 aromatic carbocycles. The third-order valence-corrected chi connectivity index (χ3v) is 11.8. The SMILES string of the molecule is C1=C[Si]2([Si]=C1)c1ccccc1-c1ccccc12. The van der Waals surface area contributed by atoms with Gasteiger partial charge in [-0.15, -0.1) is 0 Å². The zero-order valence-corrected chi connectivity index (χ0v) is 11.4. The van der Waals surface area contributed by atoms with Gasteiger partial charge in [0.05, 0.1) is 0 Å². The molecular weight excluding hydrogens is 236 g/mol. The van der Waals surface area contributed by atoms with E-state index in [4.69, 9.17) is 0 Å². The van der Waals surface area contributed by atoms with Crippen molar-refractivity contribution in [3.8, 4) is 11.1 Å². The summed E-state index contributed by atoms with van der Waals surface area (Å²) in [6, 6.07) is 18.0. The molecular formula is C15H11Si2. The Kier molecular flexibility index (Phi) is 1.82. The maximum absolute atomic E-state index is 2.51. The van der Waals surface area contributed by atoms with Crippen molar-refractivity contribution in [1.82, 2.24) is 0 Å². The molecule has 4 rings (SSSR count). The molecule has 2 aliphatic heterocycles. The highest BCUT2D eigenvalue weighted by molar-refractivity contribution is 7.43. The van der Waals surface area contributed by atoms with Gasteiger partial charge in [-0.2, -0.15) is 0 Å². The van der Waals surface area contributed by atoms with Crippen LogP contribution in [-0.2, 0) is 0 Å². The number of hydrogen-bond acceptors (Lipinski definition) is 0. The highest BCUT2D eigenvalue weighted by Gasteiger charge is 2.42. The van der Waals surface area contributed by atoms with Crippen molar-refractivity contribution < 1.29 is 0 Å². The molecule has 0 aromatic heterocycles. The standard InChI is InChI=1S/C15H11Si2/c1-3-8-14-12(6-1)13-7-2-4-9-15(13)17(14)11-5-10-16-17/h1-11H. The van der Waals surface area contributed by atoms with E-state index >= 15 is 0 Å². The van der Waals surface area contributed by atoms with Crippen LogP contribution in [0, 0.1) is 0 Å². The first-order valence-corrected chi connectivity index (χ1v) is 10.1. The van der Waals surface area contributed by atoms with E-state index in [-0.39, 0.29) is 0 Å². The first-order valence-electron chi connectivity index (χ1n) is 5.90. The fraction of sp³-hybridized carbons (Fsp3) is 0. The molecule has 0 aliphatic carbocycles. The molecule has 0 N–H and O–H groups in total. The maximum atomic E-state index is 2.51. The van der Waals surface area contributed by atoms with Crippen LogP contribution in [0.25, 0.3) is 11.1 Å². The lowest BCUT2D eigenvalue weighted by atomic mass is 10.1. The molecule has 0 amide bonds. The molecule has 1 radical (unpaired) electrons. The van der Waals surface area contributed by atoms with Gasteiger partial charge >= 0.3 is 0 Å². The third-order valence-electron chi connectivity index (χ3n) is 3.75. The van der Waals surface area contributed by atoms with Gasteiger partial charge < -0.3 is 0 Å². The molecule has 0 saturated heterocycles. The van der Waals surface area contributed by atoms with E-state index < -0.39 is 7.59 Å². The zero-order valence-electron chi connectivity index (χ0n) is 9.35. The number of hydrogen-bond donors (Lipinski definition) is 0. The van der Waals surface area contributed by atoms with Crippen molar-refractivity contribution in [1.29, 1.82) is 0 Å². The van der Waals surface area contributed by atoms with Crippen LogP contribution >= 0.6 is 0 Å². The molecule has 0 nitrogen and oxygen atoms in total. The van der Waals surface area contributed by atoms with Crippen LogP contribution in [0.15, 0.2) is 60.3 Å². The summed E-state index contributed by atoms with van der Waals surface area (Å²) in [5, 5.41) is 3.23. The highest BCUT2D eigenvalue weighted by Crippen LogP contribution is 2.27. The Morgan fingerprint density at radius 2 is 1.35 bits per heavy atom. The van der Waals surface area contributed by atoms with Crippen LogP contribution in [0.2, 0.25) is 0 Å². The maximum Gasteiger partial charge on any atom is 0.150 e. The van der Waals surface area contributed by atoms with Crippen LogP contribution < -0.4 is 10.4 Å². The first-order chi connectivity index (χ1) is 8.42. The Morgan fingerprint density at radius 1 is 0.765 bits per heavy atom. The highest BCUT2D eigenvalue weighted by atomic mass is 29.2. The lowest BCUT2D eigenvalue weighted by Gasteiger charge is -2.18. The second-order valence-corrected chi connectivity index (χ2v) is 11.5. The van der Waals surface area contributed by atoms with Crippen molar-refractivity contribution >= 4 is 32.3 Å². The molecule has 17 heavy (non-hydrogen) atoms. The van der Waals surface area contributed by atoms with E-state index in [0.717, 1.165) is 8.65 Å². The number of benzene rings is 2. The average Bonchev–Trinajstić information content (AvgIpc) is 2.98. The van der Waals surface area contributed by atoms with Gasteiger partial charge in [-0.3, -0.25) is 0 Å². The summed E-state index contributed by atoms with van der Waals surface area (Å²) >= 11 is 0. The molecule has 1 spiro atoms. The van der Waals surface area contributed by atoms with Crippen molar-refractivity contribution in [2.24, 2.45) is 0 Å². The van der Waals surface area contributed by atoms with Gasteiger partial charge in [0.15, 0.2) is 0 Å². The van der Waals surface area contributed by atoms with Crippen molar-refractivity contribution in [2.75, 3.05) is 0 Å². The van der Waals surface area contributed by atoms with E-state index in [0.29, 0.717) is 0 Å². The van der Waals surface area contributed by atoms with E-state index in [1.165, 1.54) is 11.1 Å². The van der Waals surface area contributed by atoms with E-state index in [1.54, 1.807) is 10.4 Å². The quantitative estimate of drug-likeness (QED) is 0.616. The number of fused-ring (bicyclic) bond motifs is 5. The summed E-state index contributed by atoms with van der Waals surface area (Å²) in [6.07, 6.45) is 2.28. The molecule has 2 heteroatoms. The van der Waals surface area contributed by atoms with E-state index in [9.17, 15) is 0 Å². The van der Waals surface area contributed by atoms with Crippen molar-refractivity contribution in [3.05, 3.63) is 60.3 Å². The van der Waals surface area contributed by atoms with Gasteiger partial charge in [0.25, 0.3) is 0 Å². The molecule has 2 heterocycles. The summed E-state index contributed by atoms with van der Waals surface area (Å²) in [4.78, 5) is 0. The van der Waals surface area contributed by atoms with Crippen molar-refractivity contribution in [3.63, 3.8) is 0 Å². The van der Waals surface area contributed by atoms with Crippen LogP contribution in [0.1, 0.15) is 0 Å². The molecule has 0 unspecified atom stereocenters. The fourth-order valence-corrected chi connectivity index (χ4v) is 11.0. The Morgan fingerprint density at radius 3 is 1.88 bits per heavy atom. The number of rotatable bonds is 0. The minimum absolute atomic E-state index is 0.969. The zero-order chi connectivity index (χ0) is 11.3. The average molecular weight is 247 g/mol. The van der Waals surface area contributed by atoms with Gasteiger partial charge in [0, 0.05) is 8.65 Å². The topological polar surface area (TPSA) is 0 Å². The van der Waals surface area contributed by atoms with Gasteiger partial charge in [0.2, 0.25) is 0 Å². The second-order valence-electron chi connectivity index (χ2n) is 4.57. The second kappa shape index (κ2) is 3.25. The van der Waals surface area contributed by atoms with E-state index in [1.807, 2.05) is 0 Å². The Labute approximate surface area is 104 Å². The van der Waals surface area contributed by atoms with Crippen LogP contribution in [0.4, 0.5) is 0 Å². The minimum atomic E-state index is -1.52. The van der Waals surface area contributed by atoms with Gasteiger partial charge in [-0.25, -0.2) is 0 Å². The smallest absolute Gasteiger partial charge is 0.0860 e. The predicted octanol–water partition coefficient (Wildman–Crippen LogP) is 1.34. The molecule has 2 aliphatic rings. The third kappa shape index (κ3) is 1.09. The molecule has 0 fully saturated rings. The van der Waals surface area contributed by atoms with Gasteiger partial charge in [0.1, 0.15) is 7.59 Å². The predicted molar refractivity (Wildman–Crippen MR) is 77.9 cm³/mol. The van der Waals surface area contributed by atoms with Crippen LogP contribution in [0.5, 0.6) is 0 Å². The van der Waals surface area contributed by atoms with Gasteiger partial charge in [-0.05, 0) is 21.5 Å². The van der Waals surface area contributed by atoms with Crippen LogP contribution in [-0.4, -0.2) is 21.9 Å². The summed E-state index contributed by atoms with van der Waals surface area (Å²) in [6.45, 7) is 0.